The first-order valence-electron chi connectivity index (χ1n) is 7.23. The van der Waals surface area contributed by atoms with Gasteiger partial charge in [0.05, 0.1) is 12.2 Å². The highest BCUT2D eigenvalue weighted by Gasteiger charge is 2.18. The van der Waals surface area contributed by atoms with Crippen LogP contribution in [0.15, 0.2) is 40.4 Å². The number of nitrogens with one attached hydrogen (secondary N) is 2. The molecule has 3 rings (SSSR count). The van der Waals surface area contributed by atoms with Crippen LogP contribution >= 0.6 is 11.6 Å². The van der Waals surface area contributed by atoms with Crippen LogP contribution < -0.4 is 15.8 Å². The van der Waals surface area contributed by atoms with E-state index in [1.165, 1.54) is 6.34 Å². The van der Waals surface area contributed by atoms with E-state index < -0.39 is 0 Å². The summed E-state index contributed by atoms with van der Waals surface area (Å²) in [6.07, 6.45) is 5.38. The van der Waals surface area contributed by atoms with E-state index in [1.807, 2.05) is 12.1 Å². The summed E-state index contributed by atoms with van der Waals surface area (Å²) in [4.78, 5) is 15.5. The maximum absolute atomic E-state index is 5.90. The summed E-state index contributed by atoms with van der Waals surface area (Å²) < 4.78 is 5.60. The van der Waals surface area contributed by atoms with Crippen LogP contribution in [0.4, 0.5) is 5.82 Å². The van der Waals surface area contributed by atoms with E-state index in [4.69, 9.17) is 22.1 Å². The van der Waals surface area contributed by atoms with Gasteiger partial charge in [-0.2, -0.15) is 0 Å². The number of nitrogens with two attached hydrogens (primary N) is 1. The van der Waals surface area contributed by atoms with Gasteiger partial charge in [0.2, 0.25) is 0 Å². The molecular formula is C15H17ClN6O. The number of nitrogens with zero attached hydrogens (tertiary/aromatic N) is 3. The zero-order chi connectivity index (χ0) is 16.1. The molecule has 0 spiro atoms. The van der Waals surface area contributed by atoms with Gasteiger partial charge in [0.1, 0.15) is 30.3 Å². The highest BCUT2D eigenvalue weighted by atomic mass is 35.5. The third-order valence-corrected chi connectivity index (χ3v) is 3.32. The van der Waals surface area contributed by atoms with Crippen molar-refractivity contribution >= 4 is 29.7 Å². The lowest BCUT2D eigenvalue weighted by atomic mass is 10.3. The number of hydrogen-bond acceptors (Lipinski definition) is 3. The van der Waals surface area contributed by atoms with Crippen LogP contribution in [0.2, 0.25) is 5.02 Å². The molecule has 120 valence electrons. The second kappa shape index (κ2) is 7.15. The van der Waals surface area contributed by atoms with Gasteiger partial charge in [-0.25, -0.2) is 9.98 Å². The van der Waals surface area contributed by atoms with Crippen molar-refractivity contribution in [2.24, 2.45) is 15.7 Å². The number of aromatic amines is 1. The molecule has 0 aliphatic heterocycles. The lowest BCUT2D eigenvalue weighted by molar-refractivity contribution is 0.297. The van der Waals surface area contributed by atoms with Gasteiger partial charge < -0.3 is 20.8 Å². The number of aliphatic imine (C=N–C) groups is 2. The van der Waals surface area contributed by atoms with Crippen molar-refractivity contribution in [1.29, 1.82) is 0 Å². The number of aromatic nitrogens is 2. The minimum absolute atomic E-state index is 0.250. The van der Waals surface area contributed by atoms with Crippen LogP contribution in [0, 0.1) is 0 Å². The maximum atomic E-state index is 5.90. The first-order chi connectivity index (χ1) is 11.2. The fourth-order valence-corrected chi connectivity index (χ4v) is 1.97. The fraction of sp³-hybridized carbons (Fsp3) is 0.267. The van der Waals surface area contributed by atoms with Crippen LogP contribution in [-0.2, 0) is 6.61 Å². The van der Waals surface area contributed by atoms with E-state index in [-0.39, 0.29) is 5.96 Å². The predicted molar refractivity (Wildman–Crippen MR) is 91.1 cm³/mol. The Labute approximate surface area is 138 Å². The van der Waals surface area contributed by atoms with Crippen molar-refractivity contribution in [3.05, 3.63) is 41.3 Å². The van der Waals surface area contributed by atoms with Crippen molar-refractivity contribution in [2.45, 2.75) is 25.5 Å². The summed E-state index contributed by atoms with van der Waals surface area (Å²) in [7, 11) is 0. The Morgan fingerprint density at radius 2 is 2.39 bits per heavy atom. The molecule has 0 unspecified atom stereocenters. The molecule has 1 aliphatic carbocycles. The number of benzene rings is 1. The zero-order valence-electron chi connectivity index (χ0n) is 12.4. The van der Waals surface area contributed by atoms with Crippen LogP contribution in [0.5, 0.6) is 5.75 Å². The Morgan fingerprint density at radius 3 is 3.17 bits per heavy atom. The van der Waals surface area contributed by atoms with Crippen molar-refractivity contribution in [1.82, 2.24) is 9.97 Å². The van der Waals surface area contributed by atoms with E-state index in [0.29, 0.717) is 35.1 Å². The quantitative estimate of drug-likeness (QED) is 0.559. The first kappa shape index (κ1) is 15.4. The van der Waals surface area contributed by atoms with Gasteiger partial charge >= 0.3 is 0 Å². The Bertz CT molecular complexity index is 722. The second-order valence-electron chi connectivity index (χ2n) is 5.12. The fourth-order valence-electron chi connectivity index (χ4n) is 1.79. The van der Waals surface area contributed by atoms with E-state index >= 15 is 0 Å². The molecular weight excluding hydrogens is 316 g/mol. The molecule has 0 atom stereocenters. The molecule has 0 bridgehead atoms. The van der Waals surface area contributed by atoms with E-state index in [0.717, 1.165) is 12.8 Å². The van der Waals surface area contributed by atoms with Gasteiger partial charge in [-0.3, -0.25) is 4.99 Å². The topological polar surface area (TPSA) is 101 Å². The standard InChI is InChI=1S/C15H17ClN6O/c16-10-2-1-3-12(6-10)23-8-14-18-7-13(21-14)22-15(17)20-9-19-11-4-5-11/h1-3,6-7,9,11H,4-5,8H2,(H,18,21)(H3,17,19,20,22). The Kier molecular flexibility index (Phi) is 4.77. The third-order valence-electron chi connectivity index (χ3n) is 3.08. The summed E-state index contributed by atoms with van der Waals surface area (Å²) in [6, 6.07) is 7.62. The number of halogens is 1. The smallest absolute Gasteiger partial charge is 0.200 e. The van der Waals surface area contributed by atoms with Gasteiger partial charge in [0, 0.05) is 5.02 Å². The van der Waals surface area contributed by atoms with E-state index in [2.05, 4.69) is 25.3 Å². The molecule has 7 nitrogen and oxygen atoms in total. The normalized spacial score (nSPS) is 15.1. The molecule has 0 saturated heterocycles. The minimum atomic E-state index is 0.250. The highest BCUT2D eigenvalue weighted by molar-refractivity contribution is 6.30. The van der Waals surface area contributed by atoms with Gasteiger partial charge in [0.25, 0.3) is 0 Å². The number of anilines is 1. The molecule has 1 aromatic carbocycles. The molecule has 2 aromatic rings. The zero-order valence-corrected chi connectivity index (χ0v) is 13.1. The largest absolute Gasteiger partial charge is 0.486 e. The second-order valence-corrected chi connectivity index (χ2v) is 5.56. The number of imidazole rings is 1. The van der Waals surface area contributed by atoms with Gasteiger partial charge in [0.15, 0.2) is 5.96 Å². The molecule has 1 saturated carbocycles. The van der Waals surface area contributed by atoms with Crippen LogP contribution in [-0.4, -0.2) is 28.3 Å². The molecule has 8 heteroatoms. The molecule has 4 N–H and O–H groups in total. The lowest BCUT2D eigenvalue weighted by Crippen LogP contribution is -2.22. The van der Waals surface area contributed by atoms with Gasteiger partial charge in [-0.05, 0) is 31.0 Å². The Balaban J connectivity index is 1.51. The summed E-state index contributed by atoms with van der Waals surface area (Å²) in [5.74, 6) is 2.23. The molecule has 23 heavy (non-hydrogen) atoms. The third kappa shape index (κ3) is 5.00. The molecule has 1 aliphatic rings. The summed E-state index contributed by atoms with van der Waals surface area (Å²) in [5, 5.41) is 3.53. The molecule has 0 radical (unpaired) electrons. The van der Waals surface area contributed by atoms with Crippen LogP contribution in [0.1, 0.15) is 18.7 Å². The van der Waals surface area contributed by atoms with Gasteiger partial charge in [-0.1, -0.05) is 17.7 Å². The Morgan fingerprint density at radius 1 is 1.52 bits per heavy atom. The molecule has 0 amide bonds. The average Bonchev–Trinajstić information content (AvgIpc) is 3.24. The summed E-state index contributed by atoms with van der Waals surface area (Å²) in [5.41, 5.74) is 5.76. The lowest BCUT2D eigenvalue weighted by Gasteiger charge is -2.04. The van der Waals surface area contributed by atoms with Crippen molar-refractivity contribution in [3.8, 4) is 5.75 Å². The molecule has 1 heterocycles. The summed E-state index contributed by atoms with van der Waals surface area (Å²) >= 11 is 5.90. The van der Waals surface area contributed by atoms with Crippen LogP contribution in [0.25, 0.3) is 0 Å². The molecule has 1 fully saturated rings. The summed E-state index contributed by atoms with van der Waals surface area (Å²) in [6.45, 7) is 0.294. The van der Waals surface area contributed by atoms with Crippen molar-refractivity contribution in [3.63, 3.8) is 0 Å². The van der Waals surface area contributed by atoms with E-state index in [1.54, 1.807) is 18.3 Å². The number of guanidine groups is 1. The van der Waals surface area contributed by atoms with Gasteiger partial charge in [-0.15, -0.1) is 0 Å². The van der Waals surface area contributed by atoms with Crippen molar-refractivity contribution < 1.29 is 4.74 Å². The SMILES string of the molecule is NC(=NC=NC1CC1)Nc1cnc(COc2cccc(Cl)c2)[nH]1. The first-order valence-corrected chi connectivity index (χ1v) is 7.61. The maximum Gasteiger partial charge on any atom is 0.200 e. The van der Waals surface area contributed by atoms with Crippen LogP contribution in [0.3, 0.4) is 0 Å². The predicted octanol–water partition coefficient (Wildman–Crippen LogP) is 2.56. The number of rotatable bonds is 6. The number of H-pyrrole nitrogens is 1. The van der Waals surface area contributed by atoms with E-state index in [9.17, 15) is 0 Å². The monoisotopic (exact) mass is 332 g/mol. The number of ether oxygens (including phenoxy) is 1. The number of hydrogen-bond donors (Lipinski definition) is 3. The molecule has 1 aromatic heterocycles. The Hall–Kier alpha value is -2.54. The van der Waals surface area contributed by atoms with Crippen molar-refractivity contribution in [2.75, 3.05) is 5.32 Å². The highest BCUT2D eigenvalue weighted by Crippen LogP contribution is 2.22. The average molecular weight is 333 g/mol. The minimum Gasteiger partial charge on any atom is -0.486 e.